The number of hydrogen-bond acceptors (Lipinski definition) is 14. The lowest BCUT2D eigenvalue weighted by atomic mass is 9.85. The van der Waals surface area contributed by atoms with E-state index in [0.717, 1.165) is 57.8 Å². The first-order valence-electron chi connectivity index (χ1n) is 24.2. The van der Waals surface area contributed by atoms with Crippen molar-refractivity contribution >= 4 is 27.6 Å². The second kappa shape index (κ2) is 39.9. The summed E-state index contributed by atoms with van der Waals surface area (Å²) in [4.78, 5) is 54.3. The molecule has 1 saturated carbocycles. The summed E-state index contributed by atoms with van der Waals surface area (Å²) in [6.07, 6.45) is 36.4. The highest BCUT2D eigenvalue weighted by molar-refractivity contribution is 7.47. The predicted octanol–water partition coefficient (Wildman–Crippen LogP) is 8.47. The van der Waals surface area contributed by atoms with Gasteiger partial charge in [0.25, 0.3) is 0 Å². The summed E-state index contributed by atoms with van der Waals surface area (Å²) in [7, 11) is -10.7. The van der Waals surface area contributed by atoms with Crippen molar-refractivity contribution in [1.29, 1.82) is 0 Å². The molecular weight excluding hydrogens is 946 g/mol. The molecule has 0 bridgehead atoms. The Bertz CT molecular complexity index is 1830. The monoisotopic (exact) mass is 1030 g/mol. The molecule has 0 spiro atoms. The molecule has 0 saturated heterocycles. The van der Waals surface area contributed by atoms with Gasteiger partial charge in [0.05, 0.1) is 12.7 Å². The van der Waals surface area contributed by atoms with E-state index in [1.165, 1.54) is 0 Å². The first kappa shape index (κ1) is 64.4. The lowest BCUT2D eigenvalue weighted by Gasteiger charge is -2.43. The van der Waals surface area contributed by atoms with E-state index in [4.69, 9.17) is 18.5 Å². The lowest BCUT2D eigenvalue weighted by molar-refractivity contribution is -0.216. The summed E-state index contributed by atoms with van der Waals surface area (Å²) in [5, 5.41) is 51.1. The lowest BCUT2D eigenvalue weighted by Crippen LogP contribution is -2.64. The maximum absolute atomic E-state index is 13.0. The number of phosphoric ester groups is 2. The van der Waals surface area contributed by atoms with Gasteiger partial charge < -0.3 is 49.7 Å². The minimum absolute atomic E-state index is 0.00884. The third kappa shape index (κ3) is 33.9. The maximum Gasteiger partial charge on any atom is 0.472 e. The number of hydrogen-bond donors (Lipinski definition) is 8. The van der Waals surface area contributed by atoms with Crippen LogP contribution in [0.1, 0.15) is 123 Å². The number of carbonyl (C=O) groups is 2. The molecule has 6 unspecified atom stereocenters. The zero-order chi connectivity index (χ0) is 51.9. The highest BCUT2D eigenvalue weighted by Gasteiger charge is 2.54. The van der Waals surface area contributed by atoms with Crippen LogP contribution in [0.15, 0.2) is 122 Å². The van der Waals surface area contributed by atoms with Crippen LogP contribution in [0.2, 0.25) is 0 Å². The fourth-order valence-corrected chi connectivity index (χ4v) is 7.94. The summed E-state index contributed by atoms with van der Waals surface area (Å²) in [6.45, 7) is 2.67. The molecule has 1 fully saturated rings. The molecule has 19 heteroatoms. The van der Waals surface area contributed by atoms with Crippen molar-refractivity contribution in [3.63, 3.8) is 0 Å². The second-order valence-corrected chi connectivity index (χ2v) is 18.9. The van der Waals surface area contributed by atoms with E-state index in [1.807, 2.05) is 61.6 Å². The van der Waals surface area contributed by atoms with Gasteiger partial charge in [0.2, 0.25) is 0 Å². The van der Waals surface area contributed by atoms with Crippen LogP contribution in [0.4, 0.5) is 0 Å². The molecule has 8 N–H and O–H groups in total. The van der Waals surface area contributed by atoms with Crippen molar-refractivity contribution in [3.8, 4) is 0 Å². The van der Waals surface area contributed by atoms with Gasteiger partial charge in [0.15, 0.2) is 6.10 Å². The fraction of sp³-hybridized carbons (Fsp3) is 0.569. The number of aliphatic hydroxyl groups is 5. The molecule has 0 aromatic rings. The highest BCUT2D eigenvalue weighted by Crippen LogP contribution is 2.49. The van der Waals surface area contributed by atoms with Gasteiger partial charge in [-0.05, 0) is 89.9 Å². The van der Waals surface area contributed by atoms with Crippen LogP contribution in [0.3, 0.4) is 0 Å². The molecule has 0 heterocycles. The molecule has 1 aliphatic carbocycles. The number of rotatable bonds is 38. The summed E-state index contributed by atoms with van der Waals surface area (Å²) in [5.41, 5.74) is 0. The summed E-state index contributed by atoms with van der Waals surface area (Å²) < 4.78 is 49.3. The Hall–Kier alpha value is -3.64. The van der Waals surface area contributed by atoms with E-state index in [0.29, 0.717) is 38.5 Å². The molecule has 1 aliphatic rings. The number of unbranched alkanes of at least 4 members (excludes halogenated alkanes) is 4. The largest absolute Gasteiger partial charge is 0.472 e. The minimum Gasteiger partial charge on any atom is -0.462 e. The maximum atomic E-state index is 13.0. The molecule has 0 aromatic heterocycles. The van der Waals surface area contributed by atoms with Gasteiger partial charge in [0.1, 0.15) is 43.2 Å². The molecule has 396 valence electrons. The average Bonchev–Trinajstić information content (AvgIpc) is 3.31. The van der Waals surface area contributed by atoms with Crippen LogP contribution >= 0.6 is 15.6 Å². The minimum atomic E-state index is -5.39. The van der Waals surface area contributed by atoms with Gasteiger partial charge in [-0.15, -0.1) is 0 Å². The Labute approximate surface area is 414 Å². The van der Waals surface area contributed by atoms with Crippen LogP contribution in [0, 0.1) is 0 Å². The SMILES string of the molecule is CC/C=C\C/C=C\C/C=C\C/C=C\C/C=C\CCCCCC(=O)O[C@H](COC(=O)CCC/C=C\C/C=C\C/C=C\C=C\CC(O)/C=C\CC)COP(=O)(O)O[C@H]1C(O)C(O)C(O)[C@@H](OP(=O)(O)O)C1O. The van der Waals surface area contributed by atoms with E-state index in [-0.39, 0.29) is 12.8 Å². The summed E-state index contributed by atoms with van der Waals surface area (Å²) in [6, 6.07) is 0. The summed E-state index contributed by atoms with van der Waals surface area (Å²) in [5.74, 6) is -1.35. The van der Waals surface area contributed by atoms with E-state index >= 15 is 0 Å². The molecule has 9 atom stereocenters. The molecule has 17 nitrogen and oxygen atoms in total. The van der Waals surface area contributed by atoms with E-state index in [2.05, 4.69) is 72.2 Å². The van der Waals surface area contributed by atoms with E-state index < -0.39 is 89.6 Å². The van der Waals surface area contributed by atoms with Crippen LogP contribution in [0.5, 0.6) is 0 Å². The Morgan fingerprint density at radius 3 is 1.57 bits per heavy atom. The number of carbonyl (C=O) groups excluding carboxylic acids is 2. The van der Waals surface area contributed by atoms with Crippen molar-refractivity contribution in [2.75, 3.05) is 13.2 Å². The smallest absolute Gasteiger partial charge is 0.462 e. The Kier molecular flexibility index (Phi) is 36.7. The topological polar surface area (TPSA) is 276 Å². The summed E-state index contributed by atoms with van der Waals surface area (Å²) >= 11 is 0. The van der Waals surface area contributed by atoms with Crippen LogP contribution in [-0.4, -0.2) is 114 Å². The number of allylic oxidation sites excluding steroid dienone is 18. The number of esters is 2. The fourth-order valence-electron chi connectivity index (χ4n) is 6.40. The van der Waals surface area contributed by atoms with Gasteiger partial charge in [-0.1, -0.05) is 142 Å². The third-order valence-electron chi connectivity index (χ3n) is 10.1. The first-order valence-corrected chi connectivity index (χ1v) is 27.2. The van der Waals surface area contributed by atoms with E-state index in [9.17, 15) is 58.9 Å². The van der Waals surface area contributed by atoms with Crippen molar-refractivity contribution in [2.45, 2.75) is 172 Å². The van der Waals surface area contributed by atoms with Crippen molar-refractivity contribution in [3.05, 3.63) is 122 Å². The van der Waals surface area contributed by atoms with Crippen LogP contribution in [-0.2, 0) is 41.8 Å². The quantitative estimate of drug-likeness (QED) is 0.00946. The molecule has 0 aromatic carbocycles. The number of aliphatic hydroxyl groups excluding tert-OH is 5. The molecule has 0 radical (unpaired) electrons. The van der Waals surface area contributed by atoms with Gasteiger partial charge in [-0.2, -0.15) is 0 Å². The standard InChI is InChI=1S/C51H80O17P2/c1-3-5-7-8-9-10-11-12-13-14-15-16-17-18-23-26-29-32-35-39-45(54)66-43(41-65-70(62,63)68-51-48(57)46(55)47(56)50(49(51)58)67-69(59,60)61)40-64-44(53)38-34-31-28-25-22-20-19-21-24-27-30-33-37-42(52)36-6-4-2/h5-7,9-10,12-13,15-16,18-20,23-25,27-28,30,33,36,42-43,46-52,55-58H,3-4,8,11,14,17,21-22,26,29,31-32,34-35,37-41H2,1-2H3,(H,62,63)(H2,59,60,61)/b7-5-,10-9-,13-12-,16-15-,20-19-,23-18-,27-24-,28-25-,33-30+,36-6-/t42?,43-,46?,47?,48?,49?,50-,51+/m1/s1. The van der Waals surface area contributed by atoms with Gasteiger partial charge in [0, 0.05) is 12.8 Å². The molecular formula is C51H80O17P2. The molecule has 1 rings (SSSR count). The molecule has 70 heavy (non-hydrogen) atoms. The van der Waals surface area contributed by atoms with Crippen molar-refractivity contribution in [1.82, 2.24) is 0 Å². The zero-order valence-electron chi connectivity index (χ0n) is 40.7. The highest BCUT2D eigenvalue weighted by atomic mass is 31.2. The zero-order valence-corrected chi connectivity index (χ0v) is 42.5. The second-order valence-electron chi connectivity index (χ2n) is 16.3. The normalized spacial score (nSPS) is 22.5. The molecule has 0 aliphatic heterocycles. The van der Waals surface area contributed by atoms with Gasteiger partial charge >= 0.3 is 27.6 Å². The number of ether oxygens (including phenoxy) is 2. The molecule has 0 amide bonds. The van der Waals surface area contributed by atoms with Crippen molar-refractivity contribution in [2.24, 2.45) is 0 Å². The van der Waals surface area contributed by atoms with Gasteiger partial charge in [-0.25, -0.2) is 9.13 Å². The number of phosphoric acid groups is 2. The van der Waals surface area contributed by atoms with Crippen molar-refractivity contribution < 1.29 is 82.0 Å². The third-order valence-corrected chi connectivity index (χ3v) is 11.6. The van der Waals surface area contributed by atoms with Crippen LogP contribution < -0.4 is 0 Å². The predicted molar refractivity (Wildman–Crippen MR) is 270 cm³/mol. The average molecular weight is 1030 g/mol. The van der Waals surface area contributed by atoms with Gasteiger partial charge in [-0.3, -0.25) is 23.2 Å². The Balaban J connectivity index is 2.67. The Morgan fingerprint density at radius 2 is 1.01 bits per heavy atom. The van der Waals surface area contributed by atoms with Crippen LogP contribution in [0.25, 0.3) is 0 Å². The van der Waals surface area contributed by atoms with E-state index in [1.54, 1.807) is 6.08 Å². The Morgan fingerprint density at radius 1 is 0.529 bits per heavy atom. The first-order chi connectivity index (χ1) is 33.5.